The zero-order valence-electron chi connectivity index (χ0n) is 19.7. The van der Waals surface area contributed by atoms with E-state index in [9.17, 15) is 18.0 Å². The van der Waals surface area contributed by atoms with Crippen LogP contribution in [0.1, 0.15) is 37.4 Å². The number of nitrogens with zero attached hydrogens (tertiary/aromatic N) is 5. The summed E-state index contributed by atoms with van der Waals surface area (Å²) >= 11 is 0. The summed E-state index contributed by atoms with van der Waals surface area (Å²) < 4.78 is 49.0. The summed E-state index contributed by atoms with van der Waals surface area (Å²) in [6, 6.07) is 7.17. The van der Waals surface area contributed by atoms with Gasteiger partial charge in [0.15, 0.2) is 5.49 Å². The zero-order chi connectivity index (χ0) is 24.9. The van der Waals surface area contributed by atoms with Gasteiger partial charge in [0.05, 0.1) is 35.2 Å². The first-order valence-corrected chi connectivity index (χ1v) is 11.5. The number of carbonyl (C=O) groups excluding carboxylic acids is 1. The Hall–Kier alpha value is -3.56. The summed E-state index contributed by atoms with van der Waals surface area (Å²) in [5.41, 5.74) is 1.56. The molecule has 0 radical (unpaired) electrons. The molecule has 184 valence electrons. The second-order valence-corrected chi connectivity index (χ2v) is 9.00. The first-order chi connectivity index (χ1) is 16.7. The van der Waals surface area contributed by atoms with Crippen LogP contribution in [0.2, 0.25) is 0 Å². The molecule has 0 unspecified atom stereocenters. The molecule has 0 aliphatic carbocycles. The van der Waals surface area contributed by atoms with E-state index in [1.807, 2.05) is 28.6 Å². The number of fused-ring (bicyclic) bond motifs is 4. The molecule has 3 heterocycles. The number of aromatic nitrogens is 2. The first-order valence-electron chi connectivity index (χ1n) is 11.5. The van der Waals surface area contributed by atoms with Crippen LogP contribution in [0.15, 0.2) is 41.7 Å². The van der Waals surface area contributed by atoms with Crippen molar-refractivity contribution in [3.05, 3.63) is 59.1 Å². The smallest absolute Gasteiger partial charge is 0.266 e. The van der Waals surface area contributed by atoms with E-state index in [2.05, 4.69) is 14.9 Å². The molecule has 1 amide bonds. The van der Waals surface area contributed by atoms with Crippen molar-refractivity contribution in [1.29, 1.82) is 0 Å². The van der Waals surface area contributed by atoms with Crippen LogP contribution in [-0.2, 0) is 11.8 Å². The third-order valence-electron chi connectivity index (χ3n) is 6.78. The Kier molecular flexibility index (Phi) is 5.90. The molecule has 10 heteroatoms. The van der Waals surface area contributed by atoms with E-state index in [1.54, 1.807) is 20.2 Å². The van der Waals surface area contributed by atoms with Gasteiger partial charge in [0.1, 0.15) is 18.2 Å². The molecule has 35 heavy (non-hydrogen) atoms. The lowest BCUT2D eigenvalue weighted by Crippen LogP contribution is -2.58. The molecule has 1 aromatic heterocycles. The van der Waals surface area contributed by atoms with Gasteiger partial charge in [0.2, 0.25) is 5.91 Å². The Morgan fingerprint density at radius 3 is 2.74 bits per heavy atom. The van der Waals surface area contributed by atoms with Gasteiger partial charge >= 0.3 is 0 Å². The number of hydrogen-bond donors (Lipinski definition) is 0. The van der Waals surface area contributed by atoms with E-state index in [1.165, 1.54) is 12.1 Å². The lowest BCUT2D eigenvalue weighted by atomic mass is 10.0. The maximum Gasteiger partial charge on any atom is 0.266 e. The number of alkyl halides is 2. The molecule has 0 spiro atoms. The highest BCUT2D eigenvalue weighted by Gasteiger charge is 2.34. The average Bonchev–Trinajstić information content (AvgIpc) is 2.84. The minimum atomic E-state index is -2.90. The van der Waals surface area contributed by atoms with Gasteiger partial charge < -0.3 is 19.1 Å². The minimum Gasteiger partial charge on any atom is -0.489 e. The number of hydrogen-bond acceptors (Lipinski definition) is 5. The van der Waals surface area contributed by atoms with Crippen molar-refractivity contribution in [3.8, 4) is 5.75 Å². The number of halogens is 3. The number of anilines is 1. The fraction of sp³-hybridized carbons (Fsp3) is 0.400. The molecule has 7 nitrogen and oxygen atoms in total. The summed E-state index contributed by atoms with van der Waals surface area (Å²) in [6.45, 7) is 5.59. The second-order valence-electron chi connectivity index (χ2n) is 9.00. The molecule has 2 aliphatic heterocycles. The van der Waals surface area contributed by atoms with Crippen LogP contribution in [0.3, 0.4) is 0 Å². The molecule has 5 rings (SSSR count). The van der Waals surface area contributed by atoms with Crippen molar-refractivity contribution >= 4 is 22.5 Å². The highest BCUT2D eigenvalue weighted by molar-refractivity contribution is 5.86. The van der Waals surface area contributed by atoms with Gasteiger partial charge in [-0.1, -0.05) is 18.2 Å². The molecule has 2 atom stereocenters. The molecule has 0 N–H and O–H groups in total. The van der Waals surface area contributed by atoms with Crippen molar-refractivity contribution in [2.75, 3.05) is 31.1 Å². The Bertz CT molecular complexity index is 1370. The molecule has 0 bridgehead atoms. The Labute approximate surface area is 200 Å². The monoisotopic (exact) mass is 485 g/mol. The van der Waals surface area contributed by atoms with Crippen molar-refractivity contribution in [3.63, 3.8) is 0 Å². The number of aryl methyl sites for hydroxylation is 1. The number of benzene rings is 2. The maximum absolute atomic E-state index is 14.7. The molecule has 3 aromatic rings. The quantitative estimate of drug-likeness (QED) is 0.567. The van der Waals surface area contributed by atoms with E-state index >= 15 is 0 Å². The predicted octanol–water partition coefficient (Wildman–Crippen LogP) is 3.74. The maximum atomic E-state index is 14.7. The number of amides is 1. The van der Waals surface area contributed by atoms with Crippen LogP contribution in [0.4, 0.5) is 18.9 Å². The van der Waals surface area contributed by atoms with Gasteiger partial charge in [0, 0.05) is 50.6 Å². The van der Waals surface area contributed by atoms with Crippen LogP contribution in [0.25, 0.3) is 10.9 Å². The lowest BCUT2D eigenvalue weighted by Gasteiger charge is -2.45. The highest BCUT2D eigenvalue weighted by atomic mass is 19.3. The summed E-state index contributed by atoms with van der Waals surface area (Å²) in [6.07, 6.45) is -1.29. The molecule has 0 saturated carbocycles. The largest absolute Gasteiger partial charge is 0.489 e. The van der Waals surface area contributed by atoms with Crippen LogP contribution in [0, 0.1) is 5.82 Å². The normalized spacial score (nSPS) is 18.9. The Morgan fingerprint density at radius 1 is 1.23 bits per heavy atom. The van der Waals surface area contributed by atoms with E-state index in [0.29, 0.717) is 31.7 Å². The molecule has 1 fully saturated rings. The number of rotatable bonds is 3. The fourth-order valence-electron chi connectivity index (χ4n) is 4.84. The van der Waals surface area contributed by atoms with Crippen LogP contribution >= 0.6 is 0 Å². The van der Waals surface area contributed by atoms with Crippen LogP contribution in [0.5, 0.6) is 5.75 Å². The van der Waals surface area contributed by atoms with Crippen LogP contribution in [-0.4, -0.2) is 52.6 Å². The topological polar surface area (TPSA) is 63.0 Å². The standard InChI is InChI=1S/C25H26F3N5O2/c1-14(17-5-4-6-18(23(17)26)24(27)28)30-25-19-9-21-22(10-20(19)31(3)13-29-25)35-12-16-11-32(15(2)34)7-8-33(16)21/h4-6,9-10,13-14,16,24H,7-8,11-12H2,1-3H3/b30-25-/t14-,16-/m1/s1. The van der Waals surface area contributed by atoms with Crippen molar-refractivity contribution in [2.45, 2.75) is 32.4 Å². The van der Waals surface area contributed by atoms with E-state index < -0.39 is 23.8 Å². The molecular weight excluding hydrogens is 459 g/mol. The van der Waals surface area contributed by atoms with Crippen molar-refractivity contribution in [1.82, 2.24) is 14.5 Å². The van der Waals surface area contributed by atoms with E-state index in [-0.39, 0.29) is 17.5 Å². The summed E-state index contributed by atoms with van der Waals surface area (Å²) in [5.74, 6) is -0.161. The van der Waals surface area contributed by atoms with Crippen molar-refractivity contribution in [2.24, 2.45) is 12.0 Å². The van der Waals surface area contributed by atoms with Crippen molar-refractivity contribution < 1.29 is 22.7 Å². The third kappa shape index (κ3) is 4.11. The summed E-state index contributed by atoms with van der Waals surface area (Å²) in [5, 5.41) is 0.740. The summed E-state index contributed by atoms with van der Waals surface area (Å²) in [7, 11) is 1.86. The van der Waals surface area contributed by atoms with Gasteiger partial charge in [-0.3, -0.25) is 9.79 Å². The van der Waals surface area contributed by atoms with Crippen LogP contribution < -0.4 is 15.1 Å². The predicted molar refractivity (Wildman–Crippen MR) is 125 cm³/mol. The first kappa shape index (κ1) is 23.2. The second kappa shape index (κ2) is 8.90. The summed E-state index contributed by atoms with van der Waals surface area (Å²) in [4.78, 5) is 25.0. The number of carbonyl (C=O) groups is 1. The van der Waals surface area contributed by atoms with Gasteiger partial charge in [-0.2, -0.15) is 0 Å². The minimum absolute atomic E-state index is 0.0357. The molecular formula is C25H26F3N5O2. The van der Waals surface area contributed by atoms with E-state index in [0.717, 1.165) is 28.4 Å². The SMILES string of the molecule is CC(=O)N1CCN2c3cc4/c(=N/[C@H](C)c5cccc(C(F)F)c5F)ncn(C)c4cc3OC[C@H]2C1. The molecule has 2 aliphatic rings. The zero-order valence-corrected chi connectivity index (χ0v) is 19.7. The average molecular weight is 486 g/mol. The number of ether oxygens (including phenoxy) is 1. The van der Waals surface area contributed by atoms with Gasteiger partial charge in [-0.25, -0.2) is 18.2 Å². The Morgan fingerprint density at radius 2 is 2.00 bits per heavy atom. The van der Waals surface area contributed by atoms with Gasteiger partial charge in [-0.15, -0.1) is 0 Å². The van der Waals surface area contributed by atoms with E-state index in [4.69, 9.17) is 4.74 Å². The fourth-order valence-corrected chi connectivity index (χ4v) is 4.84. The Balaban J connectivity index is 1.59. The lowest BCUT2D eigenvalue weighted by molar-refractivity contribution is -0.129. The number of piperazine rings is 1. The third-order valence-corrected chi connectivity index (χ3v) is 6.78. The molecule has 2 aromatic carbocycles. The van der Waals surface area contributed by atoms with Gasteiger partial charge in [-0.05, 0) is 13.0 Å². The molecule has 1 saturated heterocycles. The van der Waals surface area contributed by atoms with Gasteiger partial charge in [0.25, 0.3) is 6.43 Å². The highest BCUT2D eigenvalue weighted by Crippen LogP contribution is 2.38.